The summed E-state index contributed by atoms with van der Waals surface area (Å²) in [5, 5.41) is 0.898. The molecule has 1 rings (SSSR count). The van der Waals surface area contributed by atoms with Gasteiger partial charge in [-0.15, -0.1) is 0 Å². The summed E-state index contributed by atoms with van der Waals surface area (Å²) in [6, 6.07) is 0. The molecule has 0 radical (unpaired) electrons. The van der Waals surface area contributed by atoms with E-state index in [4.69, 9.17) is 0 Å². The largest absolute Gasteiger partial charge is 0.291 e. The fourth-order valence-corrected chi connectivity index (χ4v) is 1.30. The van der Waals surface area contributed by atoms with Crippen molar-refractivity contribution in [3.8, 4) is 0 Å². The van der Waals surface area contributed by atoms with Gasteiger partial charge in [-0.05, 0) is 13.0 Å². The summed E-state index contributed by atoms with van der Waals surface area (Å²) in [5.41, 5.74) is 0. The molecule has 0 N–H and O–H groups in total. The molecule has 0 unspecified atom stereocenters. The first-order chi connectivity index (χ1) is 4.64. The summed E-state index contributed by atoms with van der Waals surface area (Å²) in [4.78, 5) is 1.77. The number of hydrogen-bond acceptors (Lipinski definition) is 1. The third-order valence-corrected chi connectivity index (χ3v) is 2.08. The Labute approximate surface area is 67.5 Å². The van der Waals surface area contributed by atoms with Crippen LogP contribution in [0.5, 0.6) is 0 Å². The third-order valence-electron chi connectivity index (χ3n) is 1.52. The molecule has 60 valence electrons. The second kappa shape index (κ2) is 3.13. The van der Waals surface area contributed by atoms with Crippen LogP contribution in [-0.4, -0.2) is 35.8 Å². The van der Waals surface area contributed by atoms with Crippen LogP contribution in [-0.2, 0) is 0 Å². The highest BCUT2D eigenvalue weighted by Crippen LogP contribution is 2.26. The Morgan fingerprint density at radius 2 is 2.00 bits per heavy atom. The molecule has 1 aliphatic rings. The molecule has 0 spiro atoms. The van der Waals surface area contributed by atoms with Gasteiger partial charge >= 0.3 is 0 Å². The maximum atomic E-state index is 12.2. The SMILES string of the molecule is FC1(F)CN(CCCBr)C1. The first kappa shape index (κ1) is 8.40. The van der Waals surface area contributed by atoms with Gasteiger partial charge in [0.2, 0.25) is 0 Å². The molecular formula is C6H10BrF2N. The molecular weight excluding hydrogens is 204 g/mol. The Morgan fingerprint density at radius 1 is 1.40 bits per heavy atom. The minimum Gasteiger partial charge on any atom is -0.291 e. The van der Waals surface area contributed by atoms with Gasteiger partial charge in [0.05, 0.1) is 13.1 Å². The summed E-state index contributed by atoms with van der Waals surface area (Å²) < 4.78 is 24.3. The van der Waals surface area contributed by atoms with Gasteiger partial charge < -0.3 is 0 Å². The van der Waals surface area contributed by atoms with E-state index in [1.54, 1.807) is 4.90 Å². The van der Waals surface area contributed by atoms with Crippen LogP contribution in [0.15, 0.2) is 0 Å². The Morgan fingerprint density at radius 3 is 2.40 bits per heavy atom. The minimum absolute atomic E-state index is 0.0417. The van der Waals surface area contributed by atoms with Crippen molar-refractivity contribution in [2.45, 2.75) is 12.3 Å². The maximum Gasteiger partial charge on any atom is 0.272 e. The van der Waals surface area contributed by atoms with Crippen molar-refractivity contribution in [1.29, 1.82) is 0 Å². The van der Waals surface area contributed by atoms with E-state index in [-0.39, 0.29) is 13.1 Å². The van der Waals surface area contributed by atoms with Crippen molar-refractivity contribution in [1.82, 2.24) is 4.90 Å². The van der Waals surface area contributed by atoms with Gasteiger partial charge in [-0.2, -0.15) is 0 Å². The van der Waals surface area contributed by atoms with Crippen LogP contribution in [0.2, 0.25) is 0 Å². The van der Waals surface area contributed by atoms with Gasteiger partial charge in [-0.1, -0.05) is 15.9 Å². The van der Waals surface area contributed by atoms with E-state index < -0.39 is 5.92 Å². The molecule has 0 saturated carbocycles. The molecule has 0 aliphatic carbocycles. The quantitative estimate of drug-likeness (QED) is 0.646. The fourth-order valence-electron chi connectivity index (χ4n) is 1.05. The minimum atomic E-state index is -2.40. The van der Waals surface area contributed by atoms with Crippen molar-refractivity contribution in [3.05, 3.63) is 0 Å². The second-order valence-electron chi connectivity index (χ2n) is 2.61. The third kappa shape index (κ3) is 2.16. The number of hydrogen-bond donors (Lipinski definition) is 0. The van der Waals surface area contributed by atoms with Crippen LogP contribution in [0.3, 0.4) is 0 Å². The van der Waals surface area contributed by atoms with Gasteiger partial charge in [0, 0.05) is 5.33 Å². The highest BCUT2D eigenvalue weighted by molar-refractivity contribution is 9.09. The van der Waals surface area contributed by atoms with E-state index >= 15 is 0 Å². The average molecular weight is 214 g/mol. The topological polar surface area (TPSA) is 3.24 Å². The Hall–Kier alpha value is 0.300. The molecule has 0 amide bonds. The van der Waals surface area contributed by atoms with E-state index in [2.05, 4.69) is 15.9 Å². The first-order valence-electron chi connectivity index (χ1n) is 3.30. The highest BCUT2D eigenvalue weighted by Gasteiger charge is 2.42. The van der Waals surface area contributed by atoms with Crippen LogP contribution in [0, 0.1) is 0 Å². The lowest BCUT2D eigenvalue weighted by molar-refractivity contribution is -0.129. The number of likely N-dealkylation sites (tertiary alicyclic amines) is 1. The van der Waals surface area contributed by atoms with Gasteiger partial charge in [0.1, 0.15) is 0 Å². The molecule has 0 aromatic carbocycles. The van der Waals surface area contributed by atoms with Crippen molar-refractivity contribution >= 4 is 15.9 Å². The van der Waals surface area contributed by atoms with Gasteiger partial charge in [0.15, 0.2) is 0 Å². The molecule has 0 atom stereocenters. The molecule has 10 heavy (non-hydrogen) atoms. The van der Waals surface area contributed by atoms with Crippen LogP contribution in [0.4, 0.5) is 8.78 Å². The molecule has 1 fully saturated rings. The summed E-state index contributed by atoms with van der Waals surface area (Å²) >= 11 is 3.25. The highest BCUT2D eigenvalue weighted by atomic mass is 79.9. The lowest BCUT2D eigenvalue weighted by Gasteiger charge is -2.38. The van der Waals surface area contributed by atoms with Gasteiger partial charge in [-0.25, -0.2) is 8.78 Å². The summed E-state index contributed by atoms with van der Waals surface area (Å²) in [5.74, 6) is -2.40. The lowest BCUT2D eigenvalue weighted by Crippen LogP contribution is -2.56. The van der Waals surface area contributed by atoms with E-state index in [0.717, 1.165) is 18.3 Å². The van der Waals surface area contributed by atoms with E-state index in [9.17, 15) is 8.78 Å². The molecule has 1 heterocycles. The predicted octanol–water partition coefficient (Wildman–Crippen LogP) is 1.72. The summed E-state index contributed by atoms with van der Waals surface area (Å²) in [7, 11) is 0. The first-order valence-corrected chi connectivity index (χ1v) is 4.42. The van der Waals surface area contributed by atoms with Crippen molar-refractivity contribution < 1.29 is 8.78 Å². The van der Waals surface area contributed by atoms with Gasteiger partial charge in [-0.3, -0.25) is 4.90 Å². The van der Waals surface area contributed by atoms with Crippen molar-refractivity contribution in [2.75, 3.05) is 25.0 Å². The standard InChI is InChI=1S/C6H10BrF2N/c7-2-1-3-10-4-6(8,9)5-10/h1-5H2. The molecule has 1 nitrogen and oxygen atoms in total. The smallest absolute Gasteiger partial charge is 0.272 e. The van der Waals surface area contributed by atoms with Crippen LogP contribution in [0.1, 0.15) is 6.42 Å². The van der Waals surface area contributed by atoms with Crippen LogP contribution < -0.4 is 0 Å². The predicted molar refractivity (Wildman–Crippen MR) is 39.8 cm³/mol. The van der Waals surface area contributed by atoms with Gasteiger partial charge in [0.25, 0.3) is 5.92 Å². The van der Waals surface area contributed by atoms with E-state index in [0.29, 0.717) is 0 Å². The number of nitrogens with zero attached hydrogens (tertiary/aromatic N) is 1. The van der Waals surface area contributed by atoms with Crippen LogP contribution in [0.25, 0.3) is 0 Å². The van der Waals surface area contributed by atoms with Crippen molar-refractivity contribution in [3.63, 3.8) is 0 Å². The zero-order valence-electron chi connectivity index (χ0n) is 5.62. The number of rotatable bonds is 3. The lowest BCUT2D eigenvalue weighted by atomic mass is 10.1. The molecule has 1 aliphatic heterocycles. The van der Waals surface area contributed by atoms with Crippen molar-refractivity contribution in [2.24, 2.45) is 0 Å². The average Bonchev–Trinajstić information content (AvgIpc) is 1.78. The summed E-state index contributed by atoms with van der Waals surface area (Å²) in [6.45, 7) is 0.709. The second-order valence-corrected chi connectivity index (χ2v) is 3.40. The molecule has 1 saturated heterocycles. The number of alkyl halides is 3. The molecule has 4 heteroatoms. The van der Waals surface area contributed by atoms with E-state index in [1.165, 1.54) is 0 Å². The zero-order valence-corrected chi connectivity index (χ0v) is 7.20. The normalized spacial score (nSPS) is 24.3. The fraction of sp³-hybridized carbons (Fsp3) is 1.00. The van der Waals surface area contributed by atoms with E-state index in [1.807, 2.05) is 0 Å². The van der Waals surface area contributed by atoms with Crippen LogP contribution >= 0.6 is 15.9 Å². The Kier molecular flexibility index (Phi) is 2.63. The zero-order chi connectivity index (χ0) is 7.61. The molecule has 0 bridgehead atoms. The Bertz CT molecular complexity index is 110. The Balaban J connectivity index is 2.03. The molecule has 0 aromatic rings. The molecule has 0 aromatic heterocycles. The monoisotopic (exact) mass is 213 g/mol. The summed E-state index contributed by atoms with van der Waals surface area (Å²) in [6.07, 6.45) is 0.954. The number of halogens is 3. The maximum absolute atomic E-state index is 12.2.